The first-order valence-corrected chi connectivity index (χ1v) is 25.7. The normalized spacial score (nSPS) is 30.6. The lowest BCUT2D eigenvalue weighted by Crippen LogP contribution is -2.59. The Labute approximate surface area is 382 Å². The fourth-order valence-corrected chi connectivity index (χ4v) is 12.3. The van der Waals surface area contributed by atoms with Crippen molar-refractivity contribution in [2.75, 3.05) is 32.8 Å². The van der Waals surface area contributed by atoms with Gasteiger partial charge in [0.15, 0.2) is 0 Å². The molecule has 7 aliphatic rings. The standard InChI is InChI=1S/C49H66N6O9S/c1-3-34-30-49(34,46(58)53-65(60,61)48(2)23-24-48)52-43(56)39-29-35-31-55(39)45(57)41(33-16-7-8-17-33)51-47(59)64-40-22-13-18-32(40)15-5-4-6-20-37-42(62-28-14-27-54-25-11-12-26-54)36-19-9-10-21-38(36)50-44(37)63-35/h3-4,6,9-10,19,21,32-35,39-41H,1,5,7-8,11-18,20,22-31H2,2H3,(H,51,59)(H,52,56)(H,53,58)/t32-,34-,35-,39+,40-,41+,49-/m1/s1. The molecule has 6 fully saturated rings. The number of allylic oxidation sites excluding steroid dienone is 2. The van der Waals surface area contributed by atoms with Crippen molar-refractivity contribution in [3.63, 3.8) is 0 Å². The van der Waals surface area contributed by atoms with E-state index in [2.05, 4.69) is 39.0 Å². The topological polar surface area (TPSA) is 186 Å². The number of rotatable bonds is 12. The molecule has 4 aliphatic carbocycles. The van der Waals surface area contributed by atoms with Crippen LogP contribution < -0.4 is 24.8 Å². The lowest BCUT2D eigenvalue weighted by atomic mass is 9.96. The summed E-state index contributed by atoms with van der Waals surface area (Å²) >= 11 is 0. The van der Waals surface area contributed by atoms with Gasteiger partial charge in [-0.15, -0.1) is 6.58 Å². The molecule has 3 N–H and O–H groups in total. The summed E-state index contributed by atoms with van der Waals surface area (Å²) in [6.45, 7) is 9.13. The van der Waals surface area contributed by atoms with Crippen LogP contribution in [-0.4, -0.2) is 114 Å². The smallest absolute Gasteiger partial charge is 0.408 e. The van der Waals surface area contributed by atoms with Gasteiger partial charge in [-0.1, -0.05) is 43.2 Å². The molecule has 2 aromatic rings. The molecule has 15 nitrogen and oxygen atoms in total. The van der Waals surface area contributed by atoms with Gasteiger partial charge in [0.25, 0.3) is 5.91 Å². The molecule has 1 aromatic heterocycles. The molecule has 2 saturated heterocycles. The zero-order chi connectivity index (χ0) is 45.3. The minimum Gasteiger partial charge on any atom is -0.492 e. The molecule has 2 bridgehead atoms. The van der Waals surface area contributed by atoms with Crippen molar-refractivity contribution >= 4 is 44.7 Å². The molecule has 4 amide bonds. The Hall–Kier alpha value is -4.70. The molecule has 9 rings (SSSR count). The largest absolute Gasteiger partial charge is 0.492 e. The molecule has 352 valence electrons. The van der Waals surface area contributed by atoms with Crippen LogP contribution in [0.1, 0.15) is 115 Å². The zero-order valence-electron chi connectivity index (χ0n) is 37.8. The van der Waals surface area contributed by atoms with Crippen LogP contribution in [-0.2, 0) is 35.6 Å². The number of nitrogens with zero attached hydrogens (tertiary/aromatic N) is 3. The van der Waals surface area contributed by atoms with E-state index in [1.807, 2.05) is 24.3 Å². The molecule has 4 saturated carbocycles. The highest BCUT2D eigenvalue weighted by molar-refractivity contribution is 7.91. The number of benzene rings is 1. The van der Waals surface area contributed by atoms with E-state index in [0.29, 0.717) is 43.0 Å². The van der Waals surface area contributed by atoms with E-state index in [0.717, 1.165) is 94.8 Å². The maximum Gasteiger partial charge on any atom is 0.408 e. The number of carbonyl (C=O) groups excluding carboxylic acids is 4. The maximum absolute atomic E-state index is 15.1. The summed E-state index contributed by atoms with van der Waals surface area (Å²) in [5.74, 6) is -1.34. The van der Waals surface area contributed by atoms with Gasteiger partial charge in [0.1, 0.15) is 35.6 Å². The fourth-order valence-electron chi connectivity index (χ4n) is 11.0. The summed E-state index contributed by atoms with van der Waals surface area (Å²) in [7, 11) is -4.01. The van der Waals surface area contributed by atoms with Crippen molar-refractivity contribution in [1.82, 2.24) is 30.1 Å². The summed E-state index contributed by atoms with van der Waals surface area (Å²) < 4.78 is 47.4. The zero-order valence-corrected chi connectivity index (χ0v) is 38.6. The van der Waals surface area contributed by atoms with Crippen LogP contribution in [0.25, 0.3) is 10.9 Å². The molecular formula is C49H66N6O9S. The molecule has 4 heterocycles. The first kappa shape index (κ1) is 45.5. The number of nitrogens with one attached hydrogen (secondary N) is 3. The van der Waals surface area contributed by atoms with E-state index < -0.39 is 68.2 Å². The van der Waals surface area contributed by atoms with E-state index in [1.54, 1.807) is 13.0 Å². The van der Waals surface area contributed by atoms with E-state index in [-0.39, 0.29) is 37.3 Å². The Morgan fingerprint density at radius 3 is 2.52 bits per heavy atom. The number of aromatic nitrogens is 1. The lowest BCUT2D eigenvalue weighted by molar-refractivity contribution is -0.142. The van der Waals surface area contributed by atoms with Crippen LogP contribution >= 0.6 is 0 Å². The summed E-state index contributed by atoms with van der Waals surface area (Å²) in [4.78, 5) is 66.6. The number of fused-ring (bicyclic) bond motifs is 5. The number of pyridine rings is 1. The SMILES string of the molecule is C=C[C@@H]1C[C@]1(NC(=O)[C@@H]1C[C@@H]2CN1C(=O)[C@H](C1CCCC1)NC(=O)O[C@@H]1CCC[C@H]1CCC=CCc1c(nc3ccccc3c1OCCCN1CCCC1)O2)C(=O)NS(=O)(=O)C1(C)CC1. The summed E-state index contributed by atoms with van der Waals surface area (Å²) in [6, 6.07) is 5.74. The van der Waals surface area contributed by atoms with Gasteiger partial charge in [-0.25, -0.2) is 18.2 Å². The Balaban J connectivity index is 1.06. The number of carbonyl (C=O) groups is 4. The number of likely N-dealkylation sites (tertiary alicyclic amines) is 1. The third kappa shape index (κ3) is 9.62. The Morgan fingerprint density at radius 2 is 1.77 bits per heavy atom. The van der Waals surface area contributed by atoms with Crippen molar-refractivity contribution in [1.29, 1.82) is 0 Å². The summed E-state index contributed by atoms with van der Waals surface area (Å²) in [5, 5.41) is 6.76. The van der Waals surface area contributed by atoms with Gasteiger partial charge < -0.3 is 34.6 Å². The van der Waals surface area contributed by atoms with Gasteiger partial charge in [-0.2, -0.15) is 0 Å². The highest BCUT2D eigenvalue weighted by Crippen LogP contribution is 2.47. The summed E-state index contributed by atoms with van der Waals surface area (Å²) in [5.41, 5.74) is -0.0998. The average molecular weight is 915 g/mol. The summed E-state index contributed by atoms with van der Waals surface area (Å²) in [6.07, 6.45) is 16.6. The molecule has 0 spiro atoms. The minimum absolute atomic E-state index is 0.00576. The van der Waals surface area contributed by atoms with Gasteiger partial charge in [0, 0.05) is 24.3 Å². The van der Waals surface area contributed by atoms with Gasteiger partial charge in [-0.3, -0.25) is 19.1 Å². The predicted molar refractivity (Wildman–Crippen MR) is 245 cm³/mol. The van der Waals surface area contributed by atoms with Crippen molar-refractivity contribution < 1.29 is 41.8 Å². The van der Waals surface area contributed by atoms with Crippen LogP contribution in [0.3, 0.4) is 0 Å². The monoisotopic (exact) mass is 914 g/mol. The molecule has 1 aromatic carbocycles. The second-order valence-electron chi connectivity index (χ2n) is 19.9. The quantitative estimate of drug-likeness (QED) is 0.171. The van der Waals surface area contributed by atoms with Gasteiger partial charge >= 0.3 is 6.09 Å². The van der Waals surface area contributed by atoms with Crippen LogP contribution in [0.2, 0.25) is 0 Å². The van der Waals surface area contributed by atoms with E-state index >= 15 is 4.79 Å². The Morgan fingerprint density at radius 1 is 1.00 bits per heavy atom. The number of hydrogen-bond acceptors (Lipinski definition) is 11. The fraction of sp³-hybridized carbons (Fsp3) is 0.653. The molecule has 0 radical (unpaired) electrons. The third-order valence-corrected chi connectivity index (χ3v) is 17.6. The first-order chi connectivity index (χ1) is 31.4. The second kappa shape index (κ2) is 18.9. The molecule has 0 unspecified atom stereocenters. The van der Waals surface area contributed by atoms with Crippen molar-refractivity contribution in [3.8, 4) is 11.6 Å². The number of hydrogen-bond donors (Lipinski definition) is 3. The van der Waals surface area contributed by atoms with Crippen LogP contribution in [0.4, 0.5) is 4.79 Å². The van der Waals surface area contributed by atoms with Gasteiger partial charge in [-0.05, 0) is 134 Å². The number of amides is 4. The number of sulfonamides is 1. The Kier molecular flexibility index (Phi) is 13.2. The minimum atomic E-state index is -4.01. The highest BCUT2D eigenvalue weighted by atomic mass is 32.2. The number of para-hydroxylation sites is 1. The first-order valence-electron chi connectivity index (χ1n) is 24.3. The molecule has 3 aliphatic heterocycles. The number of ether oxygens (including phenoxy) is 3. The maximum atomic E-state index is 15.1. The number of alkyl carbamates (subject to hydrolysis) is 1. The Bertz CT molecular complexity index is 2290. The average Bonchev–Trinajstić information content (AvgIpc) is 3.73. The van der Waals surface area contributed by atoms with Gasteiger partial charge in [0.2, 0.25) is 27.7 Å². The lowest BCUT2D eigenvalue weighted by Gasteiger charge is -2.32. The highest BCUT2D eigenvalue weighted by Gasteiger charge is 2.63. The van der Waals surface area contributed by atoms with E-state index in [1.165, 1.54) is 17.7 Å². The van der Waals surface area contributed by atoms with Gasteiger partial charge in [0.05, 0.1) is 29.0 Å². The molecule has 7 atom stereocenters. The van der Waals surface area contributed by atoms with Crippen molar-refractivity contribution in [2.24, 2.45) is 17.8 Å². The van der Waals surface area contributed by atoms with E-state index in [9.17, 15) is 22.8 Å². The van der Waals surface area contributed by atoms with Crippen LogP contribution in [0, 0.1) is 17.8 Å². The van der Waals surface area contributed by atoms with Crippen LogP contribution in [0.15, 0.2) is 49.1 Å². The predicted octanol–water partition coefficient (Wildman–Crippen LogP) is 5.85. The molecule has 65 heavy (non-hydrogen) atoms. The molecular weight excluding hydrogens is 849 g/mol. The van der Waals surface area contributed by atoms with Crippen LogP contribution in [0.5, 0.6) is 11.6 Å². The van der Waals surface area contributed by atoms with E-state index in [4.69, 9.17) is 19.2 Å². The van der Waals surface area contributed by atoms with Crippen molar-refractivity contribution in [2.45, 2.75) is 151 Å². The third-order valence-electron chi connectivity index (χ3n) is 15.4. The molecule has 16 heteroatoms. The second-order valence-corrected chi connectivity index (χ2v) is 22.1. The van der Waals surface area contributed by atoms with Crippen molar-refractivity contribution in [3.05, 3.63) is 54.6 Å².